The van der Waals surface area contributed by atoms with Gasteiger partial charge in [-0.2, -0.15) is 0 Å². The Labute approximate surface area is 142 Å². The minimum absolute atomic E-state index is 0.0534. The van der Waals surface area contributed by atoms with Crippen molar-refractivity contribution in [2.45, 2.75) is 32.0 Å². The highest BCUT2D eigenvalue weighted by molar-refractivity contribution is 5.82. The molecule has 0 saturated carbocycles. The van der Waals surface area contributed by atoms with Crippen LogP contribution in [0.2, 0.25) is 0 Å². The van der Waals surface area contributed by atoms with Crippen LogP contribution < -0.4 is 10.1 Å². The first-order chi connectivity index (χ1) is 11.7. The maximum Gasteiger partial charge on any atom is 0.261 e. The molecule has 3 rings (SSSR count). The van der Waals surface area contributed by atoms with Gasteiger partial charge in [0.15, 0.2) is 6.10 Å². The average molecular weight is 325 g/mol. The zero-order valence-electron chi connectivity index (χ0n) is 13.9. The molecule has 1 aliphatic heterocycles. The van der Waals surface area contributed by atoms with Crippen LogP contribution in [0.4, 0.5) is 0 Å². The van der Waals surface area contributed by atoms with Crippen LogP contribution in [0.15, 0.2) is 54.6 Å². The minimum Gasteiger partial charge on any atom is -0.480 e. The van der Waals surface area contributed by atoms with Gasteiger partial charge >= 0.3 is 0 Å². The van der Waals surface area contributed by atoms with Crippen LogP contribution in [0, 0.1) is 0 Å². The van der Waals surface area contributed by atoms with Gasteiger partial charge in [0.05, 0.1) is 6.10 Å². The quantitative estimate of drug-likeness (QED) is 0.795. The number of benzene rings is 2. The molecule has 2 atom stereocenters. The minimum atomic E-state index is -0.411. The van der Waals surface area contributed by atoms with Crippen molar-refractivity contribution in [3.05, 3.63) is 65.7 Å². The molecule has 0 aliphatic carbocycles. The lowest BCUT2D eigenvalue weighted by Crippen LogP contribution is -2.38. The number of hydrogen-bond donors (Lipinski definition) is 1. The molecule has 1 amide bonds. The van der Waals surface area contributed by atoms with E-state index in [1.807, 2.05) is 49.4 Å². The van der Waals surface area contributed by atoms with Gasteiger partial charge in [-0.3, -0.25) is 4.79 Å². The van der Waals surface area contributed by atoms with Gasteiger partial charge in [-0.1, -0.05) is 48.5 Å². The first kappa shape index (κ1) is 16.5. The van der Waals surface area contributed by atoms with Gasteiger partial charge in [-0.25, -0.2) is 0 Å². The summed E-state index contributed by atoms with van der Waals surface area (Å²) >= 11 is 0. The highest BCUT2D eigenvalue weighted by atomic mass is 16.5. The van der Waals surface area contributed by atoms with Gasteiger partial charge < -0.3 is 14.8 Å². The number of fused-ring (bicyclic) bond motifs is 1. The van der Waals surface area contributed by atoms with Crippen molar-refractivity contribution in [3.63, 3.8) is 0 Å². The Balaban J connectivity index is 1.33. The summed E-state index contributed by atoms with van der Waals surface area (Å²) in [6.45, 7) is 3.25. The Bertz CT molecular complexity index is 647. The zero-order valence-corrected chi connectivity index (χ0v) is 13.9. The van der Waals surface area contributed by atoms with Crippen molar-refractivity contribution in [2.24, 2.45) is 0 Å². The van der Waals surface area contributed by atoms with Crippen LogP contribution >= 0.6 is 0 Å². The molecule has 1 heterocycles. The number of para-hydroxylation sites is 1. The molecule has 0 spiro atoms. The summed E-state index contributed by atoms with van der Waals surface area (Å²) in [5.74, 6) is 0.764. The third-order valence-electron chi connectivity index (χ3n) is 4.20. The molecule has 1 N–H and O–H groups in total. The molecule has 0 radical (unpaired) electrons. The number of hydrogen-bond acceptors (Lipinski definition) is 3. The first-order valence-corrected chi connectivity index (χ1v) is 8.43. The molecular weight excluding hydrogens is 302 g/mol. The SMILES string of the molecule is C[C@H](OCCCNC(=O)[C@@H]1Cc2ccccc2O1)c1ccccc1. The van der Waals surface area contributed by atoms with E-state index in [0.717, 1.165) is 17.7 Å². The van der Waals surface area contributed by atoms with E-state index in [-0.39, 0.29) is 12.0 Å². The number of nitrogens with one attached hydrogen (secondary N) is 1. The zero-order chi connectivity index (χ0) is 16.8. The van der Waals surface area contributed by atoms with Crippen molar-refractivity contribution in [1.82, 2.24) is 5.32 Å². The first-order valence-electron chi connectivity index (χ1n) is 8.43. The molecular formula is C20H23NO3. The van der Waals surface area contributed by atoms with Gasteiger partial charge in [0.25, 0.3) is 5.91 Å². The molecule has 2 aromatic rings. The van der Waals surface area contributed by atoms with E-state index in [1.165, 1.54) is 5.56 Å². The molecule has 1 aliphatic rings. The lowest BCUT2D eigenvalue weighted by Gasteiger charge is -2.14. The van der Waals surface area contributed by atoms with Gasteiger partial charge in [0.2, 0.25) is 0 Å². The van der Waals surface area contributed by atoms with E-state index < -0.39 is 6.10 Å². The number of carbonyl (C=O) groups excluding carboxylic acids is 1. The fourth-order valence-electron chi connectivity index (χ4n) is 2.81. The molecule has 0 unspecified atom stereocenters. The van der Waals surface area contributed by atoms with E-state index in [1.54, 1.807) is 0 Å². The summed E-state index contributed by atoms with van der Waals surface area (Å²) in [5, 5.41) is 2.93. The lowest BCUT2D eigenvalue weighted by atomic mass is 10.1. The fourth-order valence-corrected chi connectivity index (χ4v) is 2.81. The molecule has 126 valence electrons. The van der Waals surface area contributed by atoms with Crippen molar-refractivity contribution >= 4 is 5.91 Å². The van der Waals surface area contributed by atoms with Crippen LogP contribution in [-0.4, -0.2) is 25.2 Å². The lowest BCUT2D eigenvalue weighted by molar-refractivity contribution is -0.127. The van der Waals surface area contributed by atoms with E-state index in [0.29, 0.717) is 19.6 Å². The van der Waals surface area contributed by atoms with Crippen molar-refractivity contribution in [3.8, 4) is 5.75 Å². The Morgan fingerprint density at radius 2 is 1.96 bits per heavy atom. The van der Waals surface area contributed by atoms with E-state index in [4.69, 9.17) is 9.47 Å². The third-order valence-corrected chi connectivity index (χ3v) is 4.20. The predicted octanol–water partition coefficient (Wildman–Crippen LogP) is 3.27. The molecule has 2 aromatic carbocycles. The second-order valence-electron chi connectivity index (χ2n) is 5.99. The molecule has 4 heteroatoms. The van der Waals surface area contributed by atoms with Gasteiger partial charge in [0.1, 0.15) is 5.75 Å². The second kappa shape index (κ2) is 7.97. The van der Waals surface area contributed by atoms with E-state index in [9.17, 15) is 4.79 Å². The standard InChI is InChI=1S/C20H23NO3/c1-15(16-8-3-2-4-9-16)23-13-7-12-21-20(22)19-14-17-10-5-6-11-18(17)24-19/h2-6,8-11,15,19H,7,12-14H2,1H3,(H,21,22)/t15-,19-/m0/s1. The Morgan fingerprint density at radius 1 is 1.21 bits per heavy atom. The van der Waals surface area contributed by atoms with Crippen LogP contribution in [0.1, 0.15) is 30.6 Å². The highest BCUT2D eigenvalue weighted by Gasteiger charge is 2.28. The average Bonchev–Trinajstić information content (AvgIpc) is 3.06. The normalized spacial score (nSPS) is 17.0. The summed E-state index contributed by atoms with van der Waals surface area (Å²) in [6, 6.07) is 17.9. The third kappa shape index (κ3) is 4.15. The van der Waals surface area contributed by atoms with Crippen LogP contribution in [0.3, 0.4) is 0 Å². The smallest absolute Gasteiger partial charge is 0.261 e. The monoisotopic (exact) mass is 325 g/mol. The molecule has 0 bridgehead atoms. The van der Waals surface area contributed by atoms with Crippen molar-refractivity contribution in [2.75, 3.05) is 13.2 Å². The Morgan fingerprint density at radius 3 is 2.75 bits per heavy atom. The summed E-state index contributed by atoms with van der Waals surface area (Å²) in [5.41, 5.74) is 2.26. The summed E-state index contributed by atoms with van der Waals surface area (Å²) in [6.07, 6.45) is 1.08. The highest BCUT2D eigenvalue weighted by Crippen LogP contribution is 2.28. The topological polar surface area (TPSA) is 47.6 Å². The largest absolute Gasteiger partial charge is 0.480 e. The molecule has 4 nitrogen and oxygen atoms in total. The van der Waals surface area contributed by atoms with Gasteiger partial charge in [0, 0.05) is 19.6 Å². The number of ether oxygens (including phenoxy) is 2. The van der Waals surface area contributed by atoms with E-state index in [2.05, 4.69) is 17.4 Å². The predicted molar refractivity (Wildman–Crippen MR) is 93.0 cm³/mol. The second-order valence-corrected chi connectivity index (χ2v) is 5.99. The molecule has 0 aromatic heterocycles. The number of amides is 1. The van der Waals surface area contributed by atoms with Crippen molar-refractivity contribution in [1.29, 1.82) is 0 Å². The van der Waals surface area contributed by atoms with Crippen LogP contribution in [0.25, 0.3) is 0 Å². The number of rotatable bonds is 7. The molecule has 24 heavy (non-hydrogen) atoms. The summed E-state index contributed by atoms with van der Waals surface area (Å²) in [7, 11) is 0. The van der Waals surface area contributed by atoms with Crippen LogP contribution in [0.5, 0.6) is 5.75 Å². The molecule has 0 fully saturated rings. The maximum absolute atomic E-state index is 12.2. The Hall–Kier alpha value is -2.33. The maximum atomic E-state index is 12.2. The van der Waals surface area contributed by atoms with Crippen LogP contribution in [-0.2, 0) is 16.0 Å². The summed E-state index contributed by atoms with van der Waals surface area (Å²) < 4.78 is 11.5. The molecule has 0 saturated heterocycles. The fraction of sp³-hybridized carbons (Fsp3) is 0.350. The van der Waals surface area contributed by atoms with Gasteiger partial charge in [-0.05, 0) is 30.5 Å². The van der Waals surface area contributed by atoms with E-state index >= 15 is 0 Å². The Kier molecular flexibility index (Phi) is 5.49. The number of carbonyl (C=O) groups is 1. The van der Waals surface area contributed by atoms with Gasteiger partial charge in [-0.15, -0.1) is 0 Å². The summed E-state index contributed by atoms with van der Waals surface area (Å²) in [4.78, 5) is 12.2. The van der Waals surface area contributed by atoms with Crippen molar-refractivity contribution < 1.29 is 14.3 Å².